The number of rotatable bonds is 3. The number of fused-ring (bicyclic) bond motifs is 1. The largest absolute Gasteiger partial charge is 0.481 e. The third kappa shape index (κ3) is 2.27. The molecule has 1 aliphatic heterocycles. The van der Waals surface area contributed by atoms with E-state index in [4.69, 9.17) is 25.8 Å². The van der Waals surface area contributed by atoms with Gasteiger partial charge in [-0.05, 0) is 6.07 Å². The van der Waals surface area contributed by atoms with Crippen LogP contribution in [0.2, 0.25) is 5.02 Å². The Balaban J connectivity index is 2.11. The molecule has 0 N–H and O–H groups in total. The van der Waals surface area contributed by atoms with E-state index in [-0.39, 0.29) is 5.82 Å². The van der Waals surface area contributed by atoms with Crippen molar-refractivity contribution < 1.29 is 19.0 Å². The zero-order valence-corrected chi connectivity index (χ0v) is 12.0. The number of ether oxygens (including phenoxy) is 3. The number of benzene rings is 1. The molecule has 1 atom stereocenters. The maximum absolute atomic E-state index is 12.0. The molecular weight excluding hydrogens is 296 g/mol. The van der Waals surface area contributed by atoms with E-state index in [1.165, 1.54) is 14.2 Å². The Morgan fingerprint density at radius 3 is 2.48 bits per heavy atom. The number of carbonyl (C=O) groups excluding carboxylic acids is 1. The van der Waals surface area contributed by atoms with Crippen molar-refractivity contribution in [2.75, 3.05) is 14.2 Å². The molecular formula is C14H11ClN2O4. The molecule has 0 radical (unpaired) electrons. The number of esters is 1. The summed E-state index contributed by atoms with van der Waals surface area (Å²) in [5.41, 5.74) is 0.970. The summed E-state index contributed by atoms with van der Waals surface area (Å²) in [4.78, 5) is 20.4. The van der Waals surface area contributed by atoms with Crippen LogP contribution in [-0.2, 0) is 4.74 Å². The Hall–Kier alpha value is -2.34. The number of cyclic esters (lactones) is 1. The lowest BCUT2D eigenvalue weighted by atomic mass is 10.0. The van der Waals surface area contributed by atoms with Crippen molar-refractivity contribution in [3.05, 3.63) is 46.2 Å². The van der Waals surface area contributed by atoms with Gasteiger partial charge in [0.05, 0.1) is 30.9 Å². The molecule has 3 rings (SSSR count). The van der Waals surface area contributed by atoms with Gasteiger partial charge in [0, 0.05) is 5.56 Å². The average Bonchev–Trinajstić information content (AvgIpc) is 2.85. The van der Waals surface area contributed by atoms with Crippen molar-refractivity contribution in [3.8, 4) is 11.8 Å². The van der Waals surface area contributed by atoms with Gasteiger partial charge in [0.25, 0.3) is 0 Å². The van der Waals surface area contributed by atoms with Gasteiger partial charge in [-0.3, -0.25) is 0 Å². The summed E-state index contributed by atoms with van der Waals surface area (Å²) in [6, 6.07) is 6.68. The molecule has 21 heavy (non-hydrogen) atoms. The Kier molecular flexibility index (Phi) is 3.39. The molecule has 0 fully saturated rings. The average molecular weight is 307 g/mol. The van der Waals surface area contributed by atoms with Crippen LogP contribution in [0.5, 0.6) is 11.8 Å². The summed E-state index contributed by atoms with van der Waals surface area (Å²) < 4.78 is 15.5. The lowest BCUT2D eigenvalue weighted by Crippen LogP contribution is -2.08. The predicted molar refractivity (Wildman–Crippen MR) is 73.8 cm³/mol. The van der Waals surface area contributed by atoms with E-state index in [1.807, 2.05) is 0 Å². The topological polar surface area (TPSA) is 70.5 Å². The van der Waals surface area contributed by atoms with E-state index < -0.39 is 12.1 Å². The molecule has 1 unspecified atom stereocenters. The SMILES string of the molecule is COc1cc(OC)nc(C2OC(=O)c3c(Cl)cccc32)n1. The van der Waals surface area contributed by atoms with E-state index in [0.29, 0.717) is 27.9 Å². The molecule has 108 valence electrons. The van der Waals surface area contributed by atoms with E-state index in [1.54, 1.807) is 24.3 Å². The fourth-order valence-corrected chi connectivity index (χ4v) is 2.40. The summed E-state index contributed by atoms with van der Waals surface area (Å²) in [6.07, 6.45) is -0.727. The quantitative estimate of drug-likeness (QED) is 0.811. The third-order valence-electron chi connectivity index (χ3n) is 3.11. The molecule has 2 heterocycles. The van der Waals surface area contributed by atoms with Crippen molar-refractivity contribution in [2.45, 2.75) is 6.10 Å². The van der Waals surface area contributed by atoms with Crippen molar-refractivity contribution in [1.82, 2.24) is 9.97 Å². The highest BCUT2D eigenvalue weighted by atomic mass is 35.5. The monoisotopic (exact) mass is 306 g/mol. The predicted octanol–water partition coefficient (Wildman–Crippen LogP) is 2.41. The second kappa shape index (κ2) is 5.21. The van der Waals surface area contributed by atoms with Gasteiger partial charge in [-0.15, -0.1) is 0 Å². The number of halogens is 1. The Morgan fingerprint density at radius 2 is 1.86 bits per heavy atom. The molecule has 0 spiro atoms. The molecule has 0 amide bonds. The van der Waals surface area contributed by atoms with Crippen molar-refractivity contribution in [2.24, 2.45) is 0 Å². The summed E-state index contributed by atoms with van der Waals surface area (Å²) in [7, 11) is 2.97. The van der Waals surface area contributed by atoms with Gasteiger partial charge in [-0.1, -0.05) is 23.7 Å². The first-order valence-corrected chi connectivity index (χ1v) is 6.48. The van der Waals surface area contributed by atoms with Crippen LogP contribution in [0.1, 0.15) is 27.8 Å². The van der Waals surface area contributed by atoms with Gasteiger partial charge < -0.3 is 14.2 Å². The number of hydrogen-bond donors (Lipinski definition) is 0. The fourth-order valence-electron chi connectivity index (χ4n) is 2.14. The lowest BCUT2D eigenvalue weighted by Gasteiger charge is -2.11. The number of aromatic nitrogens is 2. The molecule has 6 nitrogen and oxygen atoms in total. The van der Waals surface area contributed by atoms with Gasteiger partial charge in [0.2, 0.25) is 11.8 Å². The summed E-state index contributed by atoms with van der Waals surface area (Å²) in [5.74, 6) is 0.429. The first-order chi connectivity index (χ1) is 10.1. The van der Waals surface area contributed by atoms with E-state index in [9.17, 15) is 4.79 Å². The van der Waals surface area contributed by atoms with E-state index in [0.717, 1.165) is 0 Å². The molecule has 7 heteroatoms. The molecule has 2 aromatic rings. The molecule has 1 aromatic heterocycles. The number of nitrogens with zero attached hydrogens (tertiary/aromatic N) is 2. The molecule has 0 aliphatic carbocycles. The Labute approximate surface area is 125 Å². The van der Waals surface area contributed by atoms with Crippen molar-refractivity contribution >= 4 is 17.6 Å². The van der Waals surface area contributed by atoms with Crippen LogP contribution in [0.3, 0.4) is 0 Å². The van der Waals surface area contributed by atoms with Gasteiger partial charge in [-0.25, -0.2) is 4.79 Å². The minimum atomic E-state index is -0.727. The van der Waals surface area contributed by atoms with Crippen molar-refractivity contribution in [1.29, 1.82) is 0 Å². The van der Waals surface area contributed by atoms with Crippen LogP contribution in [-0.4, -0.2) is 30.2 Å². The molecule has 1 aliphatic rings. The van der Waals surface area contributed by atoms with Gasteiger partial charge >= 0.3 is 5.97 Å². The molecule has 0 saturated carbocycles. The van der Waals surface area contributed by atoms with E-state index in [2.05, 4.69) is 9.97 Å². The van der Waals surface area contributed by atoms with Crippen LogP contribution in [0.4, 0.5) is 0 Å². The molecule has 0 saturated heterocycles. The minimum Gasteiger partial charge on any atom is -0.481 e. The van der Waals surface area contributed by atoms with Gasteiger partial charge in [-0.2, -0.15) is 9.97 Å². The van der Waals surface area contributed by atoms with Gasteiger partial charge in [0.1, 0.15) is 0 Å². The van der Waals surface area contributed by atoms with Crippen LogP contribution < -0.4 is 9.47 Å². The number of carbonyl (C=O) groups is 1. The van der Waals surface area contributed by atoms with Crippen LogP contribution in [0.15, 0.2) is 24.3 Å². The number of methoxy groups -OCH3 is 2. The third-order valence-corrected chi connectivity index (χ3v) is 3.42. The fraction of sp³-hybridized carbons (Fsp3) is 0.214. The van der Waals surface area contributed by atoms with Gasteiger partial charge in [0.15, 0.2) is 11.9 Å². The van der Waals surface area contributed by atoms with Crippen LogP contribution in [0, 0.1) is 0 Å². The standard InChI is InChI=1S/C14H11ClN2O4/c1-19-9-6-10(20-2)17-13(16-9)12-7-4-3-5-8(15)11(7)14(18)21-12/h3-6,12H,1-2H3. The Bertz CT molecular complexity index is 698. The normalized spacial score (nSPS) is 16.3. The molecule has 0 bridgehead atoms. The first-order valence-electron chi connectivity index (χ1n) is 6.10. The zero-order chi connectivity index (χ0) is 15.0. The lowest BCUT2D eigenvalue weighted by molar-refractivity contribution is 0.0440. The second-order valence-corrected chi connectivity index (χ2v) is 4.71. The summed E-state index contributed by atoms with van der Waals surface area (Å²) in [6.45, 7) is 0. The highest BCUT2D eigenvalue weighted by Gasteiger charge is 2.36. The minimum absolute atomic E-state index is 0.278. The second-order valence-electron chi connectivity index (χ2n) is 4.30. The van der Waals surface area contributed by atoms with Crippen LogP contribution >= 0.6 is 11.6 Å². The highest BCUT2D eigenvalue weighted by molar-refractivity contribution is 6.34. The highest BCUT2D eigenvalue weighted by Crippen LogP contribution is 2.38. The number of hydrogen-bond acceptors (Lipinski definition) is 6. The zero-order valence-electron chi connectivity index (χ0n) is 11.3. The maximum Gasteiger partial charge on any atom is 0.341 e. The Morgan fingerprint density at radius 1 is 1.19 bits per heavy atom. The maximum atomic E-state index is 12.0. The van der Waals surface area contributed by atoms with Crippen LogP contribution in [0.25, 0.3) is 0 Å². The van der Waals surface area contributed by atoms with Crippen molar-refractivity contribution in [3.63, 3.8) is 0 Å². The van der Waals surface area contributed by atoms with E-state index >= 15 is 0 Å². The molecule has 1 aromatic carbocycles. The summed E-state index contributed by atoms with van der Waals surface area (Å²) >= 11 is 6.04. The summed E-state index contributed by atoms with van der Waals surface area (Å²) in [5, 5.41) is 0.342. The smallest absolute Gasteiger partial charge is 0.341 e. The first kappa shape index (κ1) is 13.6.